The van der Waals surface area contributed by atoms with Gasteiger partial charge in [0.15, 0.2) is 0 Å². The van der Waals surface area contributed by atoms with E-state index in [-0.39, 0.29) is 0 Å². The Balaban J connectivity index is 0.000000514. The zero-order valence-corrected chi connectivity index (χ0v) is 10.6. The van der Waals surface area contributed by atoms with Gasteiger partial charge in [-0.2, -0.15) is 0 Å². The summed E-state index contributed by atoms with van der Waals surface area (Å²) < 4.78 is 0. The summed E-state index contributed by atoms with van der Waals surface area (Å²) in [4.78, 5) is 3.45. The van der Waals surface area contributed by atoms with Crippen molar-refractivity contribution in [2.45, 2.75) is 39.2 Å². The molecule has 0 saturated carbocycles. The van der Waals surface area contributed by atoms with Gasteiger partial charge >= 0.3 is 0 Å². The van der Waals surface area contributed by atoms with Crippen molar-refractivity contribution in [1.82, 2.24) is 4.98 Å². The molecule has 0 aliphatic heterocycles. The van der Waals surface area contributed by atoms with Gasteiger partial charge in [-0.3, -0.25) is 0 Å². The van der Waals surface area contributed by atoms with Crippen LogP contribution in [0.5, 0.6) is 0 Å². The molecule has 0 amide bonds. The largest absolute Gasteiger partial charge is 0.399 e. The number of nitrogens with two attached hydrogens (primary N) is 2. The van der Waals surface area contributed by atoms with Crippen molar-refractivity contribution in [2.75, 3.05) is 5.73 Å². The number of aryl methyl sites for hydroxylation is 1. The second kappa shape index (κ2) is 4.80. The molecule has 0 radical (unpaired) electrons. The summed E-state index contributed by atoms with van der Waals surface area (Å²) in [7, 11) is 0. The SMILES string of the molecule is CC.Nc1ccc2[nH]c3c(c2c1)CC(N)CC3. The lowest BCUT2D eigenvalue weighted by molar-refractivity contribution is 0.574. The number of anilines is 1. The van der Waals surface area contributed by atoms with Crippen LogP contribution in [0.2, 0.25) is 0 Å². The van der Waals surface area contributed by atoms with Gasteiger partial charge in [0, 0.05) is 28.3 Å². The van der Waals surface area contributed by atoms with Crippen molar-refractivity contribution < 1.29 is 0 Å². The summed E-state index contributed by atoms with van der Waals surface area (Å²) in [6.07, 6.45) is 3.11. The fourth-order valence-electron chi connectivity index (χ4n) is 2.46. The fraction of sp³-hybridized carbons (Fsp3) is 0.429. The number of rotatable bonds is 0. The molecule has 0 bridgehead atoms. The Morgan fingerprint density at radius 1 is 1.29 bits per heavy atom. The van der Waals surface area contributed by atoms with Gasteiger partial charge in [-0.1, -0.05) is 13.8 Å². The summed E-state index contributed by atoms with van der Waals surface area (Å²) in [5, 5.41) is 1.25. The Kier molecular flexibility index (Phi) is 3.38. The number of hydrogen-bond acceptors (Lipinski definition) is 2. The van der Waals surface area contributed by atoms with Crippen LogP contribution in [0, 0.1) is 0 Å². The zero-order valence-electron chi connectivity index (χ0n) is 10.6. The molecule has 1 atom stereocenters. The predicted octanol–water partition coefficient (Wildman–Crippen LogP) is 2.59. The number of nitrogens with one attached hydrogen (secondary N) is 1. The number of aromatic nitrogens is 1. The maximum Gasteiger partial charge on any atom is 0.0460 e. The molecule has 1 unspecified atom stereocenters. The van der Waals surface area contributed by atoms with Gasteiger partial charge < -0.3 is 16.5 Å². The molecule has 3 nitrogen and oxygen atoms in total. The lowest BCUT2D eigenvalue weighted by atomic mass is 9.92. The van der Waals surface area contributed by atoms with Gasteiger partial charge in [0.2, 0.25) is 0 Å². The Labute approximate surface area is 102 Å². The minimum absolute atomic E-state index is 0.304. The highest BCUT2D eigenvalue weighted by atomic mass is 14.7. The zero-order chi connectivity index (χ0) is 12.4. The third kappa shape index (κ3) is 2.15. The van der Waals surface area contributed by atoms with Gasteiger partial charge in [0.05, 0.1) is 0 Å². The second-order valence-electron chi connectivity index (χ2n) is 4.39. The first-order valence-corrected chi connectivity index (χ1v) is 6.38. The molecule has 3 heteroatoms. The number of hydrogen-bond donors (Lipinski definition) is 3. The van der Waals surface area contributed by atoms with E-state index in [0.29, 0.717) is 6.04 Å². The predicted molar refractivity (Wildman–Crippen MR) is 74.1 cm³/mol. The lowest BCUT2D eigenvalue weighted by Crippen LogP contribution is -2.27. The van der Waals surface area contributed by atoms with Gasteiger partial charge in [-0.25, -0.2) is 0 Å². The van der Waals surface area contributed by atoms with Crippen molar-refractivity contribution in [3.63, 3.8) is 0 Å². The molecule has 0 fully saturated rings. The minimum Gasteiger partial charge on any atom is -0.399 e. The van der Waals surface area contributed by atoms with E-state index in [1.165, 1.54) is 22.2 Å². The van der Waals surface area contributed by atoms with Crippen LogP contribution in [0.1, 0.15) is 31.5 Å². The second-order valence-corrected chi connectivity index (χ2v) is 4.39. The van der Waals surface area contributed by atoms with E-state index in [1.54, 1.807) is 0 Å². The van der Waals surface area contributed by atoms with E-state index in [0.717, 1.165) is 24.9 Å². The van der Waals surface area contributed by atoms with Crippen molar-refractivity contribution in [1.29, 1.82) is 0 Å². The summed E-state index contributed by atoms with van der Waals surface area (Å²) in [6.45, 7) is 4.00. The van der Waals surface area contributed by atoms with E-state index in [1.807, 2.05) is 26.0 Å². The van der Waals surface area contributed by atoms with Crippen molar-refractivity contribution in [2.24, 2.45) is 5.73 Å². The normalized spacial score (nSPS) is 18.4. The van der Waals surface area contributed by atoms with Crippen LogP contribution in [-0.4, -0.2) is 11.0 Å². The van der Waals surface area contributed by atoms with Gasteiger partial charge in [0.1, 0.15) is 0 Å². The highest BCUT2D eigenvalue weighted by Gasteiger charge is 2.19. The first-order valence-electron chi connectivity index (χ1n) is 6.38. The Hall–Kier alpha value is -1.48. The summed E-state index contributed by atoms with van der Waals surface area (Å²) in [5.41, 5.74) is 16.5. The molecule has 1 aliphatic carbocycles. The molecule has 1 aromatic heterocycles. The summed E-state index contributed by atoms with van der Waals surface area (Å²) in [5.74, 6) is 0. The van der Waals surface area contributed by atoms with E-state index in [9.17, 15) is 0 Å². The van der Waals surface area contributed by atoms with E-state index in [2.05, 4.69) is 11.1 Å². The van der Waals surface area contributed by atoms with Crippen LogP contribution in [0.4, 0.5) is 5.69 Å². The number of nitrogen functional groups attached to an aromatic ring is 1. The molecule has 3 rings (SSSR count). The molecular weight excluding hydrogens is 210 g/mol. The highest BCUT2D eigenvalue weighted by molar-refractivity contribution is 5.87. The Bertz CT molecular complexity index is 513. The third-order valence-corrected chi connectivity index (χ3v) is 3.25. The topological polar surface area (TPSA) is 67.8 Å². The van der Waals surface area contributed by atoms with Crippen LogP contribution in [0.15, 0.2) is 18.2 Å². The first-order chi connectivity index (χ1) is 8.24. The number of benzene rings is 1. The molecule has 0 spiro atoms. The maximum absolute atomic E-state index is 5.99. The first kappa shape index (κ1) is 12.0. The summed E-state index contributed by atoms with van der Waals surface area (Å²) in [6, 6.07) is 6.33. The Morgan fingerprint density at radius 3 is 2.82 bits per heavy atom. The molecule has 5 N–H and O–H groups in total. The quantitative estimate of drug-likeness (QED) is 0.610. The molecule has 1 heterocycles. The molecule has 2 aromatic rings. The van der Waals surface area contributed by atoms with Crippen molar-refractivity contribution in [3.8, 4) is 0 Å². The minimum atomic E-state index is 0.304. The van der Waals surface area contributed by atoms with Crippen LogP contribution >= 0.6 is 0 Å². The smallest absolute Gasteiger partial charge is 0.0460 e. The number of aromatic amines is 1. The van der Waals surface area contributed by atoms with Gasteiger partial charge in [-0.15, -0.1) is 0 Å². The fourth-order valence-corrected chi connectivity index (χ4v) is 2.46. The monoisotopic (exact) mass is 231 g/mol. The number of fused-ring (bicyclic) bond motifs is 3. The molecule has 92 valence electrons. The molecule has 17 heavy (non-hydrogen) atoms. The van der Waals surface area contributed by atoms with Gasteiger partial charge in [-0.05, 0) is 43.0 Å². The standard InChI is InChI=1S/C12H15N3.C2H6/c13-7-1-3-11-9(5-7)10-6-8(14)2-4-12(10)15-11;1-2/h1,3,5,8,15H,2,4,6,13-14H2;1-2H3. The van der Waals surface area contributed by atoms with Crippen LogP contribution in [0.3, 0.4) is 0 Å². The number of H-pyrrole nitrogens is 1. The summed E-state index contributed by atoms with van der Waals surface area (Å²) >= 11 is 0. The molecular formula is C14H21N3. The molecule has 1 aliphatic rings. The van der Waals surface area contributed by atoms with Crippen molar-refractivity contribution >= 4 is 16.6 Å². The van der Waals surface area contributed by atoms with Crippen LogP contribution in [-0.2, 0) is 12.8 Å². The van der Waals surface area contributed by atoms with E-state index >= 15 is 0 Å². The van der Waals surface area contributed by atoms with Crippen LogP contribution < -0.4 is 11.5 Å². The lowest BCUT2D eigenvalue weighted by Gasteiger charge is -2.18. The van der Waals surface area contributed by atoms with E-state index in [4.69, 9.17) is 11.5 Å². The average Bonchev–Trinajstić information content (AvgIpc) is 2.69. The van der Waals surface area contributed by atoms with Crippen LogP contribution in [0.25, 0.3) is 10.9 Å². The Morgan fingerprint density at radius 2 is 2.06 bits per heavy atom. The average molecular weight is 231 g/mol. The van der Waals surface area contributed by atoms with E-state index < -0.39 is 0 Å². The van der Waals surface area contributed by atoms with Gasteiger partial charge in [0.25, 0.3) is 0 Å². The maximum atomic E-state index is 5.99. The highest BCUT2D eigenvalue weighted by Crippen LogP contribution is 2.29. The molecule has 0 saturated heterocycles. The van der Waals surface area contributed by atoms with Crippen molar-refractivity contribution in [3.05, 3.63) is 29.5 Å². The third-order valence-electron chi connectivity index (χ3n) is 3.25. The molecule has 1 aromatic carbocycles.